The predicted molar refractivity (Wildman–Crippen MR) is 72.4 cm³/mol. The Morgan fingerprint density at radius 1 is 1.06 bits per heavy atom. The quantitative estimate of drug-likeness (QED) is 0.460. The number of amides is 1. The minimum absolute atomic E-state index is 0.0313. The average Bonchev–Trinajstić information content (AvgIpc) is 2.24. The van der Waals surface area contributed by atoms with Crippen molar-refractivity contribution in [3.05, 3.63) is 0 Å². The SMILES string of the molecule is CC(C)C(=O)NCCOCCOCC[N+](C)(C)C. The van der Waals surface area contributed by atoms with Gasteiger partial charge in [0, 0.05) is 12.5 Å². The third-order valence-corrected chi connectivity index (χ3v) is 2.35. The van der Waals surface area contributed by atoms with Crippen molar-refractivity contribution < 1.29 is 18.8 Å². The fourth-order valence-electron chi connectivity index (χ4n) is 1.11. The van der Waals surface area contributed by atoms with Crippen LogP contribution in [0.2, 0.25) is 0 Å². The van der Waals surface area contributed by atoms with Crippen LogP contribution in [-0.4, -0.2) is 71.1 Å². The minimum atomic E-state index is 0.0313. The molecule has 0 saturated carbocycles. The molecule has 0 fully saturated rings. The fourth-order valence-corrected chi connectivity index (χ4v) is 1.11. The summed E-state index contributed by atoms with van der Waals surface area (Å²) in [7, 11) is 6.41. The van der Waals surface area contributed by atoms with E-state index in [0.29, 0.717) is 26.4 Å². The molecule has 0 atom stereocenters. The molecule has 0 aliphatic carbocycles. The van der Waals surface area contributed by atoms with Gasteiger partial charge in [-0.25, -0.2) is 0 Å². The van der Waals surface area contributed by atoms with Gasteiger partial charge >= 0.3 is 0 Å². The highest BCUT2D eigenvalue weighted by Gasteiger charge is 2.06. The van der Waals surface area contributed by atoms with Gasteiger partial charge < -0.3 is 19.3 Å². The van der Waals surface area contributed by atoms with Gasteiger partial charge in [-0.2, -0.15) is 0 Å². The lowest BCUT2D eigenvalue weighted by Crippen LogP contribution is -2.37. The van der Waals surface area contributed by atoms with Gasteiger partial charge in [0.25, 0.3) is 0 Å². The maximum Gasteiger partial charge on any atom is 0.222 e. The normalized spacial score (nSPS) is 11.9. The molecular weight excluding hydrogens is 232 g/mol. The molecule has 5 nitrogen and oxygen atoms in total. The van der Waals surface area contributed by atoms with Crippen LogP contribution in [0.1, 0.15) is 13.8 Å². The van der Waals surface area contributed by atoms with Gasteiger partial charge in [0.15, 0.2) is 0 Å². The first kappa shape index (κ1) is 17.4. The molecule has 0 aromatic carbocycles. The fraction of sp³-hybridized carbons (Fsp3) is 0.923. The van der Waals surface area contributed by atoms with Crippen LogP contribution >= 0.6 is 0 Å². The summed E-state index contributed by atoms with van der Waals surface area (Å²) in [5.74, 6) is 0.0988. The minimum Gasteiger partial charge on any atom is -0.377 e. The number of likely N-dealkylation sites (N-methyl/N-ethyl adjacent to an activating group) is 1. The van der Waals surface area contributed by atoms with E-state index in [4.69, 9.17) is 9.47 Å². The summed E-state index contributed by atoms with van der Waals surface area (Å²) in [5.41, 5.74) is 0. The van der Waals surface area contributed by atoms with Crippen LogP contribution < -0.4 is 5.32 Å². The Balaban J connectivity index is 3.20. The van der Waals surface area contributed by atoms with E-state index in [0.717, 1.165) is 17.6 Å². The molecule has 0 aliphatic rings. The number of nitrogens with zero attached hydrogens (tertiary/aromatic N) is 1. The topological polar surface area (TPSA) is 47.6 Å². The van der Waals surface area contributed by atoms with Crippen LogP contribution in [0.25, 0.3) is 0 Å². The van der Waals surface area contributed by atoms with E-state index in [2.05, 4.69) is 26.5 Å². The summed E-state index contributed by atoms with van der Waals surface area (Å²) in [4.78, 5) is 11.2. The number of ether oxygens (including phenoxy) is 2. The number of nitrogens with one attached hydrogen (secondary N) is 1. The van der Waals surface area contributed by atoms with E-state index < -0.39 is 0 Å². The summed E-state index contributed by atoms with van der Waals surface area (Å²) in [6, 6.07) is 0. The molecule has 1 amide bonds. The molecule has 1 N–H and O–H groups in total. The molecule has 0 radical (unpaired) electrons. The molecule has 0 unspecified atom stereocenters. The summed E-state index contributed by atoms with van der Waals surface area (Å²) < 4.78 is 11.7. The molecule has 5 heteroatoms. The average molecular weight is 261 g/mol. The van der Waals surface area contributed by atoms with Gasteiger partial charge in [-0.05, 0) is 0 Å². The molecule has 108 valence electrons. The van der Waals surface area contributed by atoms with Crippen LogP contribution in [0.4, 0.5) is 0 Å². The highest BCUT2D eigenvalue weighted by molar-refractivity contribution is 5.77. The summed E-state index contributed by atoms with van der Waals surface area (Å²) in [5, 5.41) is 2.80. The second kappa shape index (κ2) is 9.30. The molecule has 0 aromatic heterocycles. The van der Waals surface area contributed by atoms with Gasteiger partial charge in [0.05, 0.1) is 47.6 Å². The third kappa shape index (κ3) is 11.8. The van der Waals surface area contributed by atoms with E-state index in [1.165, 1.54) is 0 Å². The van der Waals surface area contributed by atoms with E-state index >= 15 is 0 Å². The second-order valence-electron chi connectivity index (χ2n) is 5.68. The molecular formula is C13H29N2O3+. The first-order chi connectivity index (χ1) is 8.33. The Morgan fingerprint density at radius 2 is 1.61 bits per heavy atom. The Hall–Kier alpha value is -0.650. The van der Waals surface area contributed by atoms with Crippen molar-refractivity contribution in [3.63, 3.8) is 0 Å². The lowest BCUT2D eigenvalue weighted by molar-refractivity contribution is -0.870. The van der Waals surface area contributed by atoms with E-state index in [9.17, 15) is 4.79 Å². The van der Waals surface area contributed by atoms with Crippen LogP contribution in [-0.2, 0) is 14.3 Å². The van der Waals surface area contributed by atoms with Crippen molar-refractivity contribution in [2.45, 2.75) is 13.8 Å². The number of hydrogen-bond donors (Lipinski definition) is 1. The van der Waals surface area contributed by atoms with Crippen molar-refractivity contribution in [1.82, 2.24) is 5.32 Å². The van der Waals surface area contributed by atoms with Crippen LogP contribution in [0.5, 0.6) is 0 Å². The smallest absolute Gasteiger partial charge is 0.222 e. The van der Waals surface area contributed by atoms with Crippen molar-refractivity contribution in [1.29, 1.82) is 0 Å². The Bertz CT molecular complexity index is 225. The molecule has 0 bridgehead atoms. The highest BCUT2D eigenvalue weighted by Crippen LogP contribution is 1.90. The van der Waals surface area contributed by atoms with Gasteiger partial charge in [-0.3, -0.25) is 4.79 Å². The number of carbonyl (C=O) groups excluding carboxylic acids is 1. The predicted octanol–water partition coefficient (Wildman–Crippen LogP) is 0.498. The van der Waals surface area contributed by atoms with E-state index in [-0.39, 0.29) is 11.8 Å². The highest BCUT2D eigenvalue weighted by atomic mass is 16.5. The summed E-state index contributed by atoms with van der Waals surface area (Å²) in [6.07, 6.45) is 0. The zero-order chi connectivity index (χ0) is 14.0. The summed E-state index contributed by atoms with van der Waals surface area (Å²) >= 11 is 0. The van der Waals surface area contributed by atoms with Crippen LogP contribution in [0, 0.1) is 5.92 Å². The monoisotopic (exact) mass is 261 g/mol. The first-order valence-corrected chi connectivity index (χ1v) is 6.56. The molecule has 18 heavy (non-hydrogen) atoms. The first-order valence-electron chi connectivity index (χ1n) is 6.56. The lowest BCUT2D eigenvalue weighted by Gasteiger charge is -2.23. The Labute approximate surface area is 111 Å². The maximum absolute atomic E-state index is 11.2. The third-order valence-electron chi connectivity index (χ3n) is 2.35. The lowest BCUT2D eigenvalue weighted by atomic mass is 10.2. The number of rotatable bonds is 10. The van der Waals surface area contributed by atoms with E-state index in [1.807, 2.05) is 13.8 Å². The zero-order valence-corrected chi connectivity index (χ0v) is 12.5. The number of quaternary nitrogens is 1. The number of hydrogen-bond acceptors (Lipinski definition) is 3. The molecule has 0 heterocycles. The molecule has 0 saturated heterocycles. The van der Waals surface area contributed by atoms with Crippen molar-refractivity contribution in [3.8, 4) is 0 Å². The largest absolute Gasteiger partial charge is 0.377 e. The summed E-state index contributed by atoms with van der Waals surface area (Å²) in [6.45, 7) is 7.77. The molecule has 0 rings (SSSR count). The van der Waals surface area contributed by atoms with Crippen molar-refractivity contribution in [2.75, 3.05) is 60.7 Å². The zero-order valence-electron chi connectivity index (χ0n) is 12.5. The second-order valence-corrected chi connectivity index (χ2v) is 5.68. The molecule has 0 aromatic rings. The van der Waals surface area contributed by atoms with Gasteiger partial charge in [-0.1, -0.05) is 13.8 Å². The van der Waals surface area contributed by atoms with Gasteiger partial charge in [0.2, 0.25) is 5.91 Å². The van der Waals surface area contributed by atoms with Gasteiger partial charge in [-0.15, -0.1) is 0 Å². The Morgan fingerprint density at radius 3 is 2.11 bits per heavy atom. The van der Waals surface area contributed by atoms with Crippen molar-refractivity contribution >= 4 is 5.91 Å². The van der Waals surface area contributed by atoms with Gasteiger partial charge in [0.1, 0.15) is 6.54 Å². The maximum atomic E-state index is 11.2. The van der Waals surface area contributed by atoms with Crippen molar-refractivity contribution in [2.24, 2.45) is 5.92 Å². The van der Waals surface area contributed by atoms with Crippen LogP contribution in [0.15, 0.2) is 0 Å². The molecule has 0 spiro atoms. The van der Waals surface area contributed by atoms with E-state index in [1.54, 1.807) is 0 Å². The van der Waals surface area contributed by atoms with Crippen LogP contribution in [0.3, 0.4) is 0 Å². The Kier molecular flexibility index (Phi) is 8.97. The molecule has 0 aliphatic heterocycles. The number of carbonyl (C=O) groups is 1. The standard InChI is InChI=1S/C13H28N2O3/c1-12(2)13(16)14-6-8-17-10-11-18-9-7-15(3,4)5/h12H,6-11H2,1-5H3/p+1.